The van der Waals surface area contributed by atoms with Crippen LogP contribution in [0.5, 0.6) is 11.5 Å². The molecule has 0 amide bonds. The molecule has 234 valence electrons. The maximum Gasteiger partial charge on any atom is 0.137 e. The quantitative estimate of drug-likeness (QED) is 0.177. The molecule has 0 saturated heterocycles. The summed E-state index contributed by atoms with van der Waals surface area (Å²) in [6.07, 6.45) is 5.62. The third-order valence-electron chi connectivity index (χ3n) is 9.99. The Hall–Kier alpha value is -4.64. The predicted octanol–water partition coefficient (Wildman–Crippen LogP) is 10.7. The van der Waals surface area contributed by atoms with Gasteiger partial charge in [0.25, 0.3) is 0 Å². The van der Waals surface area contributed by atoms with Crippen LogP contribution in [0.25, 0.3) is 33.3 Å². The highest BCUT2D eigenvalue weighted by Crippen LogP contribution is 2.45. The van der Waals surface area contributed by atoms with Crippen LogP contribution in [-0.4, -0.2) is 19.3 Å². The van der Waals surface area contributed by atoms with Crippen LogP contribution in [0.2, 0.25) is 0 Å². The number of para-hydroxylation sites is 1. The molecule has 6 aromatic rings. The molecule has 7 rings (SSSR count). The van der Waals surface area contributed by atoms with Gasteiger partial charge in [-0.2, -0.15) is 5.10 Å². The van der Waals surface area contributed by atoms with E-state index in [-0.39, 0.29) is 0 Å². The largest absolute Gasteiger partial charge is 0.457 e. The van der Waals surface area contributed by atoms with Crippen LogP contribution in [-0.2, 0) is 0 Å². The zero-order valence-corrected chi connectivity index (χ0v) is 28.3. The molecule has 1 unspecified atom stereocenters. The third-order valence-corrected chi connectivity index (χ3v) is 9.99. The molecule has 0 saturated carbocycles. The zero-order chi connectivity index (χ0) is 32.3. The summed E-state index contributed by atoms with van der Waals surface area (Å²) in [7, 11) is 0. The summed E-state index contributed by atoms with van der Waals surface area (Å²) < 4.78 is 11.0. The highest BCUT2D eigenvalue weighted by molar-refractivity contribution is 6.09. The van der Waals surface area contributed by atoms with Crippen molar-refractivity contribution in [3.63, 3.8) is 0 Å². The van der Waals surface area contributed by atoms with Gasteiger partial charge in [-0.25, -0.2) is 9.67 Å². The van der Waals surface area contributed by atoms with E-state index < -0.39 is 0 Å². The van der Waals surface area contributed by atoms with E-state index in [4.69, 9.17) is 14.8 Å². The van der Waals surface area contributed by atoms with Crippen LogP contribution >= 0.6 is 0 Å². The first-order chi connectivity index (χ1) is 22.1. The van der Waals surface area contributed by atoms with E-state index in [2.05, 4.69) is 137 Å². The monoisotopic (exact) mass is 608 g/mol. The summed E-state index contributed by atoms with van der Waals surface area (Å²) in [4.78, 5) is 4.73. The molecule has 1 aliphatic rings. The van der Waals surface area contributed by atoms with Crippen molar-refractivity contribution < 1.29 is 4.74 Å². The molecule has 3 atom stereocenters. The lowest BCUT2D eigenvalue weighted by Crippen LogP contribution is -2.24. The lowest BCUT2D eigenvalue weighted by atomic mass is 9.69. The minimum atomic E-state index is 0.394. The summed E-state index contributed by atoms with van der Waals surface area (Å²) in [6, 6.07) is 25.4. The van der Waals surface area contributed by atoms with Crippen LogP contribution in [0, 0.1) is 45.4 Å². The summed E-state index contributed by atoms with van der Waals surface area (Å²) in [5.74, 6) is 4.76. The number of fused-ring (bicyclic) bond motifs is 3. The van der Waals surface area contributed by atoms with Crippen LogP contribution < -0.4 is 4.74 Å². The normalized spacial score (nSPS) is 18.5. The summed E-state index contributed by atoms with van der Waals surface area (Å²) in [5.41, 5.74) is 10.7. The number of benzene rings is 3. The van der Waals surface area contributed by atoms with Gasteiger partial charge >= 0.3 is 0 Å². The van der Waals surface area contributed by atoms with Crippen LogP contribution in [0.4, 0.5) is 0 Å². The zero-order valence-electron chi connectivity index (χ0n) is 28.3. The molecule has 46 heavy (non-hydrogen) atoms. The number of rotatable bonds is 6. The second kappa shape index (κ2) is 11.6. The molecule has 0 fully saturated rings. The molecule has 5 heteroatoms. The first kappa shape index (κ1) is 30.0. The van der Waals surface area contributed by atoms with Crippen molar-refractivity contribution in [2.75, 3.05) is 0 Å². The number of aryl methyl sites for hydroxylation is 3. The molecule has 5 nitrogen and oxygen atoms in total. The number of nitrogens with zero attached hydrogens (tertiary/aromatic N) is 4. The lowest BCUT2D eigenvalue weighted by Gasteiger charge is -2.35. The molecule has 0 N–H and O–H groups in total. The molecule has 0 bridgehead atoms. The van der Waals surface area contributed by atoms with Gasteiger partial charge in [0.2, 0.25) is 0 Å². The molecular weight excluding hydrogens is 564 g/mol. The van der Waals surface area contributed by atoms with Gasteiger partial charge in [-0.05, 0) is 112 Å². The van der Waals surface area contributed by atoms with E-state index in [0.29, 0.717) is 23.7 Å². The molecule has 0 aliphatic heterocycles. The van der Waals surface area contributed by atoms with E-state index in [9.17, 15) is 0 Å². The van der Waals surface area contributed by atoms with E-state index in [1.807, 2.05) is 12.3 Å². The minimum Gasteiger partial charge on any atom is -0.457 e. The molecule has 3 aromatic heterocycles. The molecule has 1 aliphatic carbocycles. The Morgan fingerprint density at radius 2 is 1.59 bits per heavy atom. The Morgan fingerprint density at radius 3 is 2.35 bits per heavy atom. The fourth-order valence-electron chi connectivity index (χ4n) is 7.81. The van der Waals surface area contributed by atoms with Crippen molar-refractivity contribution in [1.29, 1.82) is 0 Å². The highest BCUT2D eigenvalue weighted by atomic mass is 16.5. The van der Waals surface area contributed by atoms with Crippen molar-refractivity contribution in [2.24, 2.45) is 17.8 Å². The van der Waals surface area contributed by atoms with Gasteiger partial charge in [0.1, 0.15) is 17.3 Å². The highest BCUT2D eigenvalue weighted by Gasteiger charge is 2.33. The number of hydrogen-bond acceptors (Lipinski definition) is 3. The van der Waals surface area contributed by atoms with Crippen LogP contribution in [0.1, 0.15) is 68.1 Å². The Labute approximate surface area is 272 Å². The summed E-state index contributed by atoms with van der Waals surface area (Å²) >= 11 is 0. The second-order valence-corrected chi connectivity index (χ2v) is 13.8. The standard InChI is InChI=1S/C41H44N4O/c1-24(2)31-20-27(5)40(28(6)21-31)41-29(7)43-45(30(41)8)32-17-26(4)18-34(22-32)46-33-13-14-36-35-11-9-10-12-37(35)44(38(36)23-33)39-19-25(3)15-16-42-39/h9-20,22-24,28,31,40H,21H2,1-8H3/t28-,31-,40?/m0/s1. The Morgan fingerprint density at radius 1 is 0.804 bits per heavy atom. The minimum absolute atomic E-state index is 0.394. The van der Waals surface area contributed by atoms with E-state index in [1.54, 1.807) is 0 Å². The van der Waals surface area contributed by atoms with Crippen LogP contribution in [0.3, 0.4) is 0 Å². The number of ether oxygens (including phenoxy) is 1. The van der Waals surface area contributed by atoms with Crippen molar-refractivity contribution in [3.8, 4) is 23.0 Å². The van der Waals surface area contributed by atoms with Crippen molar-refractivity contribution in [3.05, 3.63) is 119 Å². The van der Waals surface area contributed by atoms with Gasteiger partial charge in [0.05, 0.1) is 22.4 Å². The predicted molar refractivity (Wildman–Crippen MR) is 190 cm³/mol. The molecule has 0 spiro atoms. The first-order valence-corrected chi connectivity index (χ1v) is 16.6. The Bertz CT molecular complexity index is 2130. The SMILES string of the molecule is CC1=C[C@H](C(C)C)C[C@H](C)C1c1c(C)nn(-c2cc(C)cc(Oc3ccc4c5ccccc5n(-c5cc(C)ccn5)c4c3)c2)c1C. The maximum atomic E-state index is 6.62. The topological polar surface area (TPSA) is 44.9 Å². The molecular formula is C41H44N4O. The number of pyridine rings is 1. The van der Waals surface area contributed by atoms with Gasteiger partial charge in [0, 0.05) is 46.3 Å². The Balaban J connectivity index is 1.27. The van der Waals surface area contributed by atoms with Gasteiger partial charge in [0.15, 0.2) is 0 Å². The van der Waals surface area contributed by atoms with E-state index in [0.717, 1.165) is 45.3 Å². The molecule has 3 heterocycles. The summed E-state index contributed by atoms with van der Waals surface area (Å²) in [5, 5.41) is 7.48. The first-order valence-electron chi connectivity index (χ1n) is 16.6. The van der Waals surface area contributed by atoms with E-state index >= 15 is 0 Å². The lowest BCUT2D eigenvalue weighted by molar-refractivity contribution is 0.317. The molecule has 0 radical (unpaired) electrons. The third kappa shape index (κ3) is 5.22. The average molecular weight is 609 g/mol. The number of hydrogen-bond donors (Lipinski definition) is 0. The van der Waals surface area contributed by atoms with Gasteiger partial charge in [-0.15, -0.1) is 0 Å². The average Bonchev–Trinajstić information content (AvgIpc) is 3.49. The van der Waals surface area contributed by atoms with Gasteiger partial charge in [-0.1, -0.05) is 50.6 Å². The van der Waals surface area contributed by atoms with Crippen LogP contribution in [0.15, 0.2) is 90.6 Å². The van der Waals surface area contributed by atoms with Crippen molar-refractivity contribution in [1.82, 2.24) is 19.3 Å². The van der Waals surface area contributed by atoms with Gasteiger partial charge < -0.3 is 4.74 Å². The smallest absolute Gasteiger partial charge is 0.137 e. The molecule has 3 aromatic carbocycles. The van der Waals surface area contributed by atoms with Crippen molar-refractivity contribution >= 4 is 21.8 Å². The fraction of sp³-hybridized carbons (Fsp3) is 0.317. The van der Waals surface area contributed by atoms with E-state index in [1.165, 1.54) is 39.6 Å². The van der Waals surface area contributed by atoms with Gasteiger partial charge in [-0.3, -0.25) is 4.57 Å². The number of aromatic nitrogens is 4. The number of allylic oxidation sites excluding steroid dienone is 2. The van der Waals surface area contributed by atoms with Crippen molar-refractivity contribution in [2.45, 2.75) is 67.7 Å². The summed E-state index contributed by atoms with van der Waals surface area (Å²) in [6.45, 7) is 18.0. The Kier molecular flexibility index (Phi) is 7.59. The second-order valence-electron chi connectivity index (χ2n) is 13.8. The fourth-order valence-corrected chi connectivity index (χ4v) is 7.81. The maximum absolute atomic E-state index is 6.62.